The second-order valence-electron chi connectivity index (χ2n) is 5.51. The van der Waals surface area contributed by atoms with Gasteiger partial charge in [0.1, 0.15) is 0 Å². The second-order valence-corrected chi connectivity index (χ2v) is 5.51. The van der Waals surface area contributed by atoms with Crippen LogP contribution in [0.5, 0.6) is 0 Å². The van der Waals surface area contributed by atoms with E-state index in [4.69, 9.17) is 9.68 Å². The lowest BCUT2D eigenvalue weighted by atomic mass is 10.1. The van der Waals surface area contributed by atoms with Crippen molar-refractivity contribution >= 4 is 5.97 Å². The smallest absolute Gasteiger partial charge is 0.331 e. The van der Waals surface area contributed by atoms with Crippen LogP contribution in [0, 0.1) is 0 Å². The molecular weight excluding hydrogens is 310 g/mol. The predicted molar refractivity (Wildman–Crippen MR) is 87.4 cm³/mol. The lowest BCUT2D eigenvalue weighted by Gasteiger charge is -2.33. The van der Waals surface area contributed by atoms with Crippen LogP contribution < -0.4 is 0 Å². The van der Waals surface area contributed by atoms with Crippen LogP contribution in [0.4, 0.5) is 0 Å². The van der Waals surface area contributed by atoms with Crippen molar-refractivity contribution in [2.75, 3.05) is 6.61 Å². The molecule has 2 N–H and O–H groups in total. The summed E-state index contributed by atoms with van der Waals surface area (Å²) in [6, 6.07) is 18.6. The fourth-order valence-electron chi connectivity index (χ4n) is 1.94. The number of carboxylic acid groups (broad SMARTS) is 1. The quantitative estimate of drug-likeness (QED) is 0.687. The molecule has 0 heterocycles. The molecule has 1 atom stereocenters. The van der Waals surface area contributed by atoms with E-state index in [-0.39, 0.29) is 13.2 Å². The van der Waals surface area contributed by atoms with Crippen molar-refractivity contribution in [1.82, 2.24) is 5.23 Å². The van der Waals surface area contributed by atoms with Crippen molar-refractivity contribution in [3.8, 4) is 0 Å². The molecule has 24 heavy (non-hydrogen) atoms. The Morgan fingerprint density at radius 1 is 0.958 bits per heavy atom. The molecule has 2 rings (SSSR count). The average molecular weight is 331 g/mol. The Balaban J connectivity index is 2.09. The highest BCUT2D eigenvalue weighted by Gasteiger charge is 2.42. The lowest BCUT2D eigenvalue weighted by molar-refractivity contribution is -0.418. The molecule has 6 heteroatoms. The fourth-order valence-corrected chi connectivity index (χ4v) is 1.94. The van der Waals surface area contributed by atoms with Crippen LogP contribution in [0.2, 0.25) is 0 Å². The van der Waals surface area contributed by atoms with Gasteiger partial charge in [-0.2, -0.15) is 0 Å². The van der Waals surface area contributed by atoms with Crippen molar-refractivity contribution < 1.29 is 24.7 Å². The molecule has 0 aromatic heterocycles. The maximum absolute atomic E-state index is 11.6. The number of carboxylic acids is 1. The molecule has 0 aliphatic heterocycles. The van der Waals surface area contributed by atoms with E-state index in [0.29, 0.717) is 0 Å². The van der Waals surface area contributed by atoms with Crippen LogP contribution in [0.3, 0.4) is 0 Å². The number of benzene rings is 2. The zero-order chi connectivity index (χ0) is 17.4. The van der Waals surface area contributed by atoms with Gasteiger partial charge in [-0.15, -0.1) is 0 Å². The van der Waals surface area contributed by atoms with Gasteiger partial charge in [0.25, 0.3) is 0 Å². The summed E-state index contributed by atoms with van der Waals surface area (Å²) in [5, 5.41) is 19.8. The van der Waals surface area contributed by atoms with Gasteiger partial charge in [0.2, 0.25) is 0 Å². The Hall–Kier alpha value is -2.25. The summed E-state index contributed by atoms with van der Waals surface area (Å²) in [6.07, 6.45) is 0. The van der Waals surface area contributed by atoms with Crippen LogP contribution in [-0.4, -0.2) is 33.6 Å². The molecule has 6 nitrogen and oxygen atoms in total. The van der Waals surface area contributed by atoms with Crippen LogP contribution >= 0.6 is 0 Å². The van der Waals surface area contributed by atoms with E-state index in [1.165, 1.54) is 6.92 Å². The minimum absolute atomic E-state index is 0.124. The minimum atomic E-state index is -1.72. The molecular formula is C18H21NO5. The Labute approximate surface area is 140 Å². The van der Waals surface area contributed by atoms with Gasteiger partial charge in [-0.25, -0.2) is 4.79 Å². The van der Waals surface area contributed by atoms with Gasteiger partial charge in [0.05, 0.1) is 19.8 Å². The van der Waals surface area contributed by atoms with E-state index in [0.717, 1.165) is 16.4 Å². The van der Waals surface area contributed by atoms with Gasteiger partial charge >= 0.3 is 5.97 Å². The topological polar surface area (TPSA) is 79.2 Å². The van der Waals surface area contributed by atoms with E-state index in [9.17, 15) is 15.0 Å². The highest BCUT2D eigenvalue weighted by molar-refractivity contribution is 5.78. The average Bonchev–Trinajstić information content (AvgIpc) is 2.62. The number of carbonyl (C=O) groups is 1. The number of aliphatic hydroxyl groups excluding tert-OH is 1. The Morgan fingerprint density at radius 3 is 1.71 bits per heavy atom. The van der Waals surface area contributed by atoms with Crippen molar-refractivity contribution in [3.63, 3.8) is 0 Å². The van der Waals surface area contributed by atoms with Crippen molar-refractivity contribution in [1.29, 1.82) is 0 Å². The molecule has 2 aromatic rings. The molecule has 128 valence electrons. The Bertz CT molecular complexity index is 591. The number of aliphatic hydroxyl groups is 1. The van der Waals surface area contributed by atoms with Crippen molar-refractivity contribution in [2.24, 2.45) is 0 Å². The van der Waals surface area contributed by atoms with E-state index in [1.807, 2.05) is 60.7 Å². The van der Waals surface area contributed by atoms with Gasteiger partial charge in [0.15, 0.2) is 5.54 Å². The monoisotopic (exact) mass is 331 g/mol. The predicted octanol–water partition coefficient (Wildman–Crippen LogP) is 2.39. The molecule has 0 saturated carbocycles. The summed E-state index contributed by atoms with van der Waals surface area (Å²) >= 11 is 0. The number of hydrogen-bond donors (Lipinski definition) is 2. The largest absolute Gasteiger partial charge is 0.480 e. The SMILES string of the molecule is C[C@@](CO)(C(=O)O)N(OCc1ccccc1)OCc1ccccc1. The standard InChI is InChI=1S/C18H21NO5/c1-18(14-20,17(21)22)19(23-12-15-8-4-2-5-9-15)24-13-16-10-6-3-7-11-16/h2-11,20H,12-14H2,1H3,(H,21,22)/t18-/m1/s1. The summed E-state index contributed by atoms with van der Waals surface area (Å²) < 4.78 is 0. The van der Waals surface area contributed by atoms with Crippen LogP contribution in [0.1, 0.15) is 18.1 Å². The van der Waals surface area contributed by atoms with E-state index in [2.05, 4.69) is 0 Å². The number of hydroxylamine groups is 2. The molecule has 0 spiro atoms. The summed E-state index contributed by atoms with van der Waals surface area (Å²) in [5.41, 5.74) is -0.00297. The minimum Gasteiger partial charge on any atom is -0.480 e. The van der Waals surface area contributed by atoms with Gasteiger partial charge in [0, 0.05) is 0 Å². The molecule has 0 bridgehead atoms. The van der Waals surface area contributed by atoms with E-state index in [1.54, 1.807) is 0 Å². The van der Waals surface area contributed by atoms with E-state index < -0.39 is 18.1 Å². The number of nitrogens with zero attached hydrogens (tertiary/aromatic N) is 1. The van der Waals surface area contributed by atoms with Crippen LogP contribution in [-0.2, 0) is 27.7 Å². The summed E-state index contributed by atoms with van der Waals surface area (Å²) in [4.78, 5) is 22.6. The third-order valence-electron chi connectivity index (χ3n) is 3.55. The first-order valence-corrected chi connectivity index (χ1v) is 7.54. The zero-order valence-corrected chi connectivity index (χ0v) is 13.5. The van der Waals surface area contributed by atoms with Gasteiger partial charge < -0.3 is 10.2 Å². The Kier molecular flexibility index (Phi) is 6.45. The molecule has 0 saturated heterocycles. The Morgan fingerprint density at radius 2 is 1.38 bits per heavy atom. The first kappa shape index (κ1) is 18.1. The molecule has 0 amide bonds. The number of hydrogen-bond acceptors (Lipinski definition) is 5. The van der Waals surface area contributed by atoms with E-state index >= 15 is 0 Å². The number of rotatable bonds is 9. The highest BCUT2D eigenvalue weighted by atomic mass is 17.0. The lowest BCUT2D eigenvalue weighted by Crippen LogP contribution is -2.54. The normalized spacial score (nSPS) is 13.6. The molecule has 0 radical (unpaired) electrons. The molecule has 0 aliphatic rings. The third kappa shape index (κ3) is 4.62. The molecule has 0 aliphatic carbocycles. The molecule has 0 unspecified atom stereocenters. The first-order valence-electron chi connectivity index (χ1n) is 7.54. The molecule has 2 aromatic carbocycles. The maximum atomic E-state index is 11.6. The van der Waals surface area contributed by atoms with Crippen molar-refractivity contribution in [3.05, 3.63) is 71.8 Å². The highest BCUT2D eigenvalue weighted by Crippen LogP contribution is 2.19. The third-order valence-corrected chi connectivity index (χ3v) is 3.55. The number of aliphatic carboxylic acids is 1. The zero-order valence-electron chi connectivity index (χ0n) is 13.5. The summed E-state index contributed by atoms with van der Waals surface area (Å²) in [6.45, 7) is 0.925. The summed E-state index contributed by atoms with van der Waals surface area (Å²) in [5.74, 6) is -1.24. The van der Waals surface area contributed by atoms with Crippen molar-refractivity contribution in [2.45, 2.75) is 25.7 Å². The maximum Gasteiger partial charge on any atom is 0.331 e. The second kappa shape index (κ2) is 8.56. The van der Waals surface area contributed by atoms with Crippen LogP contribution in [0.15, 0.2) is 60.7 Å². The van der Waals surface area contributed by atoms with Gasteiger partial charge in [-0.05, 0) is 23.3 Å². The fraction of sp³-hybridized carbons (Fsp3) is 0.278. The molecule has 0 fully saturated rings. The van der Waals surface area contributed by atoms with Gasteiger partial charge in [-0.1, -0.05) is 60.7 Å². The summed E-state index contributed by atoms with van der Waals surface area (Å²) in [7, 11) is 0. The first-order chi connectivity index (χ1) is 11.6. The van der Waals surface area contributed by atoms with Crippen LogP contribution in [0.25, 0.3) is 0 Å². The van der Waals surface area contributed by atoms with Gasteiger partial charge in [-0.3, -0.25) is 9.68 Å².